The van der Waals surface area contributed by atoms with Crippen molar-refractivity contribution in [3.05, 3.63) is 0 Å². The fourth-order valence-corrected chi connectivity index (χ4v) is 1.15. The Morgan fingerprint density at radius 1 is 1.47 bits per heavy atom. The summed E-state index contributed by atoms with van der Waals surface area (Å²) in [5, 5.41) is 11.3. The summed E-state index contributed by atoms with van der Waals surface area (Å²) in [6.07, 6.45) is 1.16. The second kappa shape index (κ2) is 8.23. The number of rotatable bonds is 8. The van der Waals surface area contributed by atoms with Gasteiger partial charge in [-0.2, -0.15) is 0 Å². The monoisotopic (exact) mass is 217 g/mol. The summed E-state index contributed by atoms with van der Waals surface area (Å²) >= 11 is 0. The molecule has 0 bridgehead atoms. The predicted octanol–water partition coefficient (Wildman–Crippen LogP) is 0.640. The number of ether oxygens (including phenoxy) is 1. The molecule has 0 fully saturated rings. The van der Waals surface area contributed by atoms with Gasteiger partial charge in [0.1, 0.15) is 0 Å². The number of carboxylic acids is 1. The number of hydrogen-bond acceptors (Lipinski definition) is 3. The van der Waals surface area contributed by atoms with Gasteiger partial charge >= 0.3 is 5.97 Å². The molecular formula is C10H19NO4. The molecule has 5 heteroatoms. The Morgan fingerprint density at radius 3 is 2.60 bits per heavy atom. The van der Waals surface area contributed by atoms with Crippen molar-refractivity contribution in [2.45, 2.75) is 26.2 Å². The van der Waals surface area contributed by atoms with Crippen LogP contribution in [0.3, 0.4) is 0 Å². The number of carbonyl (C=O) groups is 2. The number of hydrogen-bond donors (Lipinski definition) is 2. The number of methoxy groups -OCH3 is 1. The second-order valence-corrected chi connectivity index (χ2v) is 3.42. The summed E-state index contributed by atoms with van der Waals surface area (Å²) in [7, 11) is 1.53. The van der Waals surface area contributed by atoms with Gasteiger partial charge in [-0.1, -0.05) is 13.3 Å². The molecule has 88 valence electrons. The zero-order valence-electron chi connectivity index (χ0n) is 9.28. The molecule has 0 aliphatic heterocycles. The van der Waals surface area contributed by atoms with Gasteiger partial charge in [-0.05, 0) is 5.92 Å². The molecule has 0 aromatic carbocycles. The lowest BCUT2D eigenvalue weighted by Crippen LogP contribution is -2.30. The van der Waals surface area contributed by atoms with Crippen LogP contribution in [0, 0.1) is 5.92 Å². The van der Waals surface area contributed by atoms with Gasteiger partial charge < -0.3 is 15.2 Å². The van der Waals surface area contributed by atoms with Crippen LogP contribution in [0.2, 0.25) is 0 Å². The maximum absolute atomic E-state index is 11.2. The molecule has 1 unspecified atom stereocenters. The molecule has 0 aromatic rings. The molecule has 0 spiro atoms. The SMILES string of the molecule is CCC(CNC(=O)CCOC)CC(=O)O. The maximum atomic E-state index is 11.2. The van der Waals surface area contributed by atoms with E-state index in [0.29, 0.717) is 19.6 Å². The van der Waals surface area contributed by atoms with Crippen LogP contribution >= 0.6 is 0 Å². The summed E-state index contributed by atoms with van der Waals surface area (Å²) < 4.78 is 4.76. The third-order valence-electron chi connectivity index (χ3n) is 2.16. The highest BCUT2D eigenvalue weighted by Crippen LogP contribution is 2.06. The first kappa shape index (κ1) is 13.9. The van der Waals surface area contributed by atoms with Gasteiger partial charge in [-0.25, -0.2) is 0 Å². The summed E-state index contributed by atoms with van der Waals surface area (Å²) in [5.74, 6) is -0.914. The van der Waals surface area contributed by atoms with Gasteiger partial charge in [-0.3, -0.25) is 9.59 Å². The van der Waals surface area contributed by atoms with Crippen molar-refractivity contribution in [3.8, 4) is 0 Å². The molecule has 15 heavy (non-hydrogen) atoms. The Bertz CT molecular complexity index is 206. The molecule has 0 aromatic heterocycles. The minimum absolute atomic E-state index is 0.00833. The zero-order chi connectivity index (χ0) is 11.7. The maximum Gasteiger partial charge on any atom is 0.303 e. The number of carbonyl (C=O) groups excluding carboxylic acids is 1. The van der Waals surface area contributed by atoms with Crippen LogP contribution < -0.4 is 5.32 Å². The van der Waals surface area contributed by atoms with Crippen LogP contribution in [0.15, 0.2) is 0 Å². The highest BCUT2D eigenvalue weighted by Gasteiger charge is 2.12. The van der Waals surface area contributed by atoms with E-state index in [1.165, 1.54) is 7.11 Å². The third-order valence-corrected chi connectivity index (χ3v) is 2.16. The summed E-state index contributed by atoms with van der Waals surface area (Å²) in [5.41, 5.74) is 0. The second-order valence-electron chi connectivity index (χ2n) is 3.42. The number of aliphatic carboxylic acids is 1. The first-order valence-electron chi connectivity index (χ1n) is 5.07. The van der Waals surface area contributed by atoms with E-state index < -0.39 is 5.97 Å². The Hall–Kier alpha value is -1.10. The zero-order valence-corrected chi connectivity index (χ0v) is 9.28. The average molecular weight is 217 g/mol. The van der Waals surface area contributed by atoms with E-state index in [-0.39, 0.29) is 18.2 Å². The number of nitrogens with one attached hydrogen (secondary N) is 1. The smallest absolute Gasteiger partial charge is 0.303 e. The fraction of sp³-hybridized carbons (Fsp3) is 0.800. The van der Waals surface area contributed by atoms with Crippen molar-refractivity contribution in [2.24, 2.45) is 5.92 Å². The van der Waals surface area contributed by atoms with Gasteiger partial charge in [-0.15, -0.1) is 0 Å². The average Bonchev–Trinajstić information content (AvgIpc) is 2.20. The van der Waals surface area contributed by atoms with E-state index in [1.54, 1.807) is 0 Å². The number of amides is 1. The molecule has 0 rings (SSSR count). The first-order chi connectivity index (χ1) is 7.10. The molecule has 0 aliphatic carbocycles. The quantitative estimate of drug-likeness (QED) is 0.625. The van der Waals surface area contributed by atoms with E-state index in [0.717, 1.165) is 6.42 Å². The molecule has 0 heterocycles. The molecule has 1 amide bonds. The first-order valence-corrected chi connectivity index (χ1v) is 5.07. The van der Waals surface area contributed by atoms with E-state index in [1.807, 2.05) is 6.92 Å². The topological polar surface area (TPSA) is 75.6 Å². The van der Waals surface area contributed by atoms with Gasteiger partial charge in [0, 0.05) is 26.5 Å². The lowest BCUT2D eigenvalue weighted by molar-refractivity contribution is -0.138. The van der Waals surface area contributed by atoms with Gasteiger partial charge in [0.15, 0.2) is 0 Å². The van der Waals surface area contributed by atoms with E-state index in [2.05, 4.69) is 5.32 Å². The molecule has 1 atom stereocenters. The molecule has 0 aliphatic rings. The van der Waals surface area contributed by atoms with Gasteiger partial charge in [0.25, 0.3) is 0 Å². The highest BCUT2D eigenvalue weighted by atomic mass is 16.5. The lowest BCUT2D eigenvalue weighted by Gasteiger charge is -2.13. The fourth-order valence-electron chi connectivity index (χ4n) is 1.15. The summed E-state index contributed by atoms with van der Waals surface area (Å²) in [6.45, 7) is 2.72. The van der Waals surface area contributed by atoms with Gasteiger partial charge in [0.2, 0.25) is 5.91 Å². The molecular weight excluding hydrogens is 198 g/mol. The highest BCUT2D eigenvalue weighted by molar-refractivity contribution is 5.76. The van der Waals surface area contributed by atoms with Crippen molar-refractivity contribution >= 4 is 11.9 Å². The Kier molecular flexibility index (Phi) is 7.62. The molecule has 5 nitrogen and oxygen atoms in total. The Morgan fingerprint density at radius 2 is 2.13 bits per heavy atom. The molecule has 2 N–H and O–H groups in total. The van der Waals surface area contributed by atoms with Crippen LogP contribution in [0.1, 0.15) is 26.2 Å². The predicted molar refractivity (Wildman–Crippen MR) is 55.5 cm³/mol. The van der Waals surface area contributed by atoms with Crippen LogP contribution in [-0.4, -0.2) is 37.2 Å². The van der Waals surface area contributed by atoms with Crippen LogP contribution in [0.25, 0.3) is 0 Å². The third kappa shape index (κ3) is 7.93. The Labute approximate surface area is 89.8 Å². The minimum atomic E-state index is -0.826. The van der Waals surface area contributed by atoms with Crippen molar-refractivity contribution in [2.75, 3.05) is 20.3 Å². The molecule has 0 saturated heterocycles. The molecule has 0 radical (unpaired) electrons. The van der Waals surface area contributed by atoms with Crippen LogP contribution in [0.5, 0.6) is 0 Å². The minimum Gasteiger partial charge on any atom is -0.481 e. The van der Waals surface area contributed by atoms with Crippen LogP contribution in [-0.2, 0) is 14.3 Å². The van der Waals surface area contributed by atoms with Crippen molar-refractivity contribution in [3.63, 3.8) is 0 Å². The van der Waals surface area contributed by atoms with E-state index >= 15 is 0 Å². The largest absolute Gasteiger partial charge is 0.481 e. The summed E-state index contributed by atoms with van der Waals surface area (Å²) in [6, 6.07) is 0. The Balaban J connectivity index is 3.69. The standard InChI is InChI=1S/C10H19NO4/c1-3-8(6-10(13)14)7-11-9(12)4-5-15-2/h8H,3-7H2,1-2H3,(H,11,12)(H,13,14). The van der Waals surface area contributed by atoms with Crippen molar-refractivity contribution in [1.82, 2.24) is 5.32 Å². The van der Waals surface area contributed by atoms with E-state index in [9.17, 15) is 9.59 Å². The molecule has 0 saturated carbocycles. The van der Waals surface area contributed by atoms with Crippen LogP contribution in [0.4, 0.5) is 0 Å². The van der Waals surface area contributed by atoms with E-state index in [4.69, 9.17) is 9.84 Å². The summed E-state index contributed by atoms with van der Waals surface area (Å²) in [4.78, 5) is 21.6. The van der Waals surface area contributed by atoms with Crippen molar-refractivity contribution in [1.29, 1.82) is 0 Å². The normalized spacial score (nSPS) is 12.1. The van der Waals surface area contributed by atoms with Gasteiger partial charge in [0.05, 0.1) is 6.61 Å². The lowest BCUT2D eigenvalue weighted by atomic mass is 10.0. The van der Waals surface area contributed by atoms with Crippen molar-refractivity contribution < 1.29 is 19.4 Å². The number of carboxylic acid groups (broad SMARTS) is 1.